The fourth-order valence-electron chi connectivity index (χ4n) is 1.92. The molecule has 0 aliphatic carbocycles. The molecule has 5 heteroatoms. The van der Waals surface area contributed by atoms with Crippen molar-refractivity contribution >= 4 is 17.7 Å². The van der Waals surface area contributed by atoms with Crippen LogP contribution in [0.1, 0.15) is 33.3 Å². The molecular formula is C16H24N2O3. The van der Waals surface area contributed by atoms with Crippen LogP contribution in [0.15, 0.2) is 24.3 Å². The van der Waals surface area contributed by atoms with Crippen LogP contribution in [0.3, 0.4) is 0 Å². The molecule has 0 unspecified atom stereocenters. The number of alkyl carbamates (subject to hydrolysis) is 1. The zero-order chi connectivity index (χ0) is 15.8. The molecule has 0 fully saturated rings. The van der Waals surface area contributed by atoms with E-state index in [-0.39, 0.29) is 18.4 Å². The molecule has 0 bridgehead atoms. The molecule has 1 aromatic carbocycles. The lowest BCUT2D eigenvalue weighted by Gasteiger charge is -2.21. The average molecular weight is 292 g/mol. The minimum Gasteiger partial charge on any atom is -0.450 e. The zero-order valence-electron chi connectivity index (χ0n) is 13.1. The van der Waals surface area contributed by atoms with Crippen molar-refractivity contribution in [2.75, 3.05) is 11.9 Å². The maximum atomic E-state index is 12.3. The van der Waals surface area contributed by atoms with Crippen molar-refractivity contribution < 1.29 is 14.3 Å². The number of carbonyl (C=O) groups excluding carboxylic acids is 2. The second-order valence-corrected chi connectivity index (χ2v) is 5.13. The molecule has 0 aliphatic heterocycles. The van der Waals surface area contributed by atoms with Crippen molar-refractivity contribution in [3.63, 3.8) is 0 Å². The smallest absolute Gasteiger partial charge is 0.407 e. The number of benzene rings is 1. The molecule has 21 heavy (non-hydrogen) atoms. The molecule has 0 saturated carbocycles. The van der Waals surface area contributed by atoms with Gasteiger partial charge in [-0.3, -0.25) is 4.79 Å². The quantitative estimate of drug-likeness (QED) is 0.847. The number of amides is 2. The first-order valence-electron chi connectivity index (χ1n) is 7.31. The Bertz CT molecular complexity index is 486. The van der Waals surface area contributed by atoms with Crippen molar-refractivity contribution in [3.05, 3.63) is 29.8 Å². The van der Waals surface area contributed by atoms with Gasteiger partial charge in [-0.2, -0.15) is 0 Å². The van der Waals surface area contributed by atoms with Crippen LogP contribution < -0.4 is 10.6 Å². The molecule has 0 heterocycles. The van der Waals surface area contributed by atoms with E-state index in [1.165, 1.54) is 0 Å². The predicted molar refractivity (Wildman–Crippen MR) is 83.2 cm³/mol. The first-order valence-corrected chi connectivity index (χ1v) is 7.31. The summed E-state index contributed by atoms with van der Waals surface area (Å²) in [6.07, 6.45) is 0.326. The van der Waals surface area contributed by atoms with Crippen LogP contribution in [0.4, 0.5) is 10.5 Å². The summed E-state index contributed by atoms with van der Waals surface area (Å²) in [4.78, 5) is 23.8. The van der Waals surface area contributed by atoms with Crippen LogP contribution in [0.25, 0.3) is 0 Å². The van der Waals surface area contributed by atoms with Gasteiger partial charge in [0.05, 0.1) is 6.61 Å². The monoisotopic (exact) mass is 292 g/mol. The molecule has 0 radical (unpaired) electrons. The van der Waals surface area contributed by atoms with E-state index in [4.69, 9.17) is 4.74 Å². The van der Waals surface area contributed by atoms with E-state index in [2.05, 4.69) is 17.6 Å². The maximum absolute atomic E-state index is 12.3. The molecule has 1 rings (SSSR count). The predicted octanol–water partition coefficient (Wildman–Crippen LogP) is 2.96. The van der Waals surface area contributed by atoms with Gasteiger partial charge in [0.2, 0.25) is 5.91 Å². The Balaban J connectivity index is 2.74. The van der Waals surface area contributed by atoms with Gasteiger partial charge in [-0.1, -0.05) is 32.9 Å². The lowest BCUT2D eigenvalue weighted by Crippen LogP contribution is -2.47. The summed E-state index contributed by atoms with van der Waals surface area (Å²) in [6, 6.07) is 7.04. The molecule has 2 N–H and O–H groups in total. The average Bonchev–Trinajstić information content (AvgIpc) is 2.44. The summed E-state index contributed by atoms with van der Waals surface area (Å²) in [5.41, 5.74) is 1.88. The fourth-order valence-corrected chi connectivity index (χ4v) is 1.92. The van der Waals surface area contributed by atoms with Gasteiger partial charge in [-0.15, -0.1) is 0 Å². The third-order valence-electron chi connectivity index (χ3n) is 3.10. The van der Waals surface area contributed by atoms with E-state index in [9.17, 15) is 9.59 Å². The summed E-state index contributed by atoms with van der Waals surface area (Å²) in [6.45, 7) is 7.80. The Morgan fingerprint density at radius 2 is 1.95 bits per heavy atom. The number of rotatable bonds is 6. The molecule has 0 saturated heterocycles. The van der Waals surface area contributed by atoms with Crippen LogP contribution >= 0.6 is 0 Å². The van der Waals surface area contributed by atoms with Gasteiger partial charge in [-0.05, 0) is 37.0 Å². The first kappa shape index (κ1) is 17.0. The highest BCUT2D eigenvalue weighted by molar-refractivity contribution is 5.96. The highest BCUT2D eigenvalue weighted by Gasteiger charge is 2.24. The Hall–Kier alpha value is -2.04. The van der Waals surface area contributed by atoms with E-state index < -0.39 is 12.1 Å². The third kappa shape index (κ3) is 5.45. The summed E-state index contributed by atoms with van der Waals surface area (Å²) < 4.78 is 4.83. The maximum Gasteiger partial charge on any atom is 0.407 e. The molecule has 0 aliphatic rings. The minimum atomic E-state index is -0.630. The van der Waals surface area contributed by atoms with Crippen LogP contribution in [0, 0.1) is 5.92 Å². The van der Waals surface area contributed by atoms with Crippen molar-refractivity contribution in [1.82, 2.24) is 5.32 Å². The van der Waals surface area contributed by atoms with Crippen LogP contribution in [-0.2, 0) is 16.0 Å². The van der Waals surface area contributed by atoms with Crippen molar-refractivity contribution in [1.29, 1.82) is 0 Å². The molecule has 5 nitrogen and oxygen atoms in total. The van der Waals surface area contributed by atoms with E-state index >= 15 is 0 Å². The highest BCUT2D eigenvalue weighted by atomic mass is 16.5. The molecule has 1 aromatic rings. The van der Waals surface area contributed by atoms with Gasteiger partial charge < -0.3 is 15.4 Å². The van der Waals surface area contributed by atoms with Gasteiger partial charge >= 0.3 is 6.09 Å². The van der Waals surface area contributed by atoms with E-state index in [1.807, 2.05) is 38.1 Å². The van der Waals surface area contributed by atoms with Gasteiger partial charge in [0.1, 0.15) is 6.04 Å². The number of ether oxygens (including phenoxy) is 1. The fraction of sp³-hybridized carbons (Fsp3) is 0.500. The van der Waals surface area contributed by atoms with Gasteiger partial charge in [0.15, 0.2) is 0 Å². The standard InChI is InChI=1S/C16H24N2O3/c1-5-12-8-7-9-13(10-12)17-15(19)14(11(3)4)18-16(20)21-6-2/h7-11,14H,5-6H2,1-4H3,(H,17,19)(H,18,20)/t14-/m0/s1. The summed E-state index contributed by atoms with van der Waals surface area (Å²) in [5, 5.41) is 5.43. The van der Waals surface area contributed by atoms with E-state index in [1.54, 1.807) is 6.92 Å². The van der Waals surface area contributed by atoms with Gasteiger partial charge in [0.25, 0.3) is 0 Å². The molecular weight excluding hydrogens is 268 g/mol. The van der Waals surface area contributed by atoms with Crippen molar-refractivity contribution in [2.24, 2.45) is 5.92 Å². The van der Waals surface area contributed by atoms with Crippen LogP contribution in [-0.4, -0.2) is 24.6 Å². The summed E-state index contributed by atoms with van der Waals surface area (Å²) >= 11 is 0. The lowest BCUT2D eigenvalue weighted by molar-refractivity contribution is -0.119. The third-order valence-corrected chi connectivity index (χ3v) is 3.10. The largest absolute Gasteiger partial charge is 0.450 e. The Morgan fingerprint density at radius 3 is 2.52 bits per heavy atom. The van der Waals surface area contributed by atoms with Crippen molar-refractivity contribution in [2.45, 2.75) is 40.2 Å². The van der Waals surface area contributed by atoms with E-state index in [0.29, 0.717) is 0 Å². The first-order chi connectivity index (χ1) is 9.97. The van der Waals surface area contributed by atoms with E-state index in [0.717, 1.165) is 17.7 Å². The van der Waals surface area contributed by atoms with Crippen LogP contribution in [0.2, 0.25) is 0 Å². The Labute approximate surface area is 126 Å². The topological polar surface area (TPSA) is 67.4 Å². The molecule has 1 atom stereocenters. The molecule has 2 amide bonds. The molecule has 0 aromatic heterocycles. The van der Waals surface area contributed by atoms with Gasteiger partial charge in [0, 0.05) is 5.69 Å². The zero-order valence-corrected chi connectivity index (χ0v) is 13.1. The number of nitrogens with one attached hydrogen (secondary N) is 2. The number of hydrogen-bond donors (Lipinski definition) is 2. The number of hydrogen-bond acceptors (Lipinski definition) is 3. The van der Waals surface area contributed by atoms with Crippen molar-refractivity contribution in [3.8, 4) is 0 Å². The second kappa shape index (κ2) is 8.29. The summed E-state index contributed by atoms with van der Waals surface area (Å²) in [7, 11) is 0. The molecule has 116 valence electrons. The lowest BCUT2D eigenvalue weighted by atomic mass is 10.0. The minimum absolute atomic E-state index is 0.0382. The second-order valence-electron chi connectivity index (χ2n) is 5.13. The molecule has 0 spiro atoms. The van der Waals surface area contributed by atoms with Crippen LogP contribution in [0.5, 0.6) is 0 Å². The summed E-state index contributed by atoms with van der Waals surface area (Å²) in [5.74, 6) is -0.282. The Morgan fingerprint density at radius 1 is 1.24 bits per heavy atom. The Kier molecular flexibility index (Phi) is 6.72. The van der Waals surface area contributed by atoms with Gasteiger partial charge in [-0.25, -0.2) is 4.79 Å². The highest BCUT2D eigenvalue weighted by Crippen LogP contribution is 2.13. The number of aryl methyl sites for hydroxylation is 1. The SMILES string of the molecule is CCOC(=O)N[C@H](C(=O)Nc1cccc(CC)c1)C(C)C. The normalized spacial score (nSPS) is 11.9. The number of carbonyl (C=O) groups is 2. The number of anilines is 1.